The van der Waals surface area contributed by atoms with E-state index in [1.165, 1.54) is 0 Å². The summed E-state index contributed by atoms with van der Waals surface area (Å²) in [7, 11) is 0. The normalized spacial score (nSPS) is 14.1. The van der Waals surface area contributed by atoms with Crippen molar-refractivity contribution < 1.29 is 14.3 Å². The third-order valence-electron chi connectivity index (χ3n) is 4.35. The van der Waals surface area contributed by atoms with Gasteiger partial charge in [0.25, 0.3) is 5.91 Å². The number of amides is 2. The van der Waals surface area contributed by atoms with Crippen molar-refractivity contribution in [3.63, 3.8) is 0 Å². The number of fused-ring (bicyclic) bond motifs is 1. The van der Waals surface area contributed by atoms with Gasteiger partial charge in [-0.15, -0.1) is 0 Å². The summed E-state index contributed by atoms with van der Waals surface area (Å²) in [5.74, 6) is -0.0520. The van der Waals surface area contributed by atoms with Crippen molar-refractivity contribution in [2.24, 2.45) is 0 Å². The van der Waals surface area contributed by atoms with Gasteiger partial charge in [-0.25, -0.2) is 4.79 Å². The lowest BCUT2D eigenvalue weighted by atomic mass is 10.0. The zero-order chi connectivity index (χ0) is 19.3. The summed E-state index contributed by atoms with van der Waals surface area (Å²) in [6.07, 6.45) is 3.23. The van der Waals surface area contributed by atoms with E-state index < -0.39 is 5.60 Å². The van der Waals surface area contributed by atoms with Crippen molar-refractivity contribution in [3.05, 3.63) is 17.0 Å². The molecule has 0 fully saturated rings. The van der Waals surface area contributed by atoms with E-state index in [4.69, 9.17) is 4.74 Å². The van der Waals surface area contributed by atoms with E-state index in [-0.39, 0.29) is 12.0 Å². The Morgan fingerprint density at radius 1 is 1.23 bits per heavy atom. The smallest absolute Gasteiger partial charge is 0.410 e. The van der Waals surface area contributed by atoms with Crippen LogP contribution in [0.2, 0.25) is 0 Å². The number of ether oxygens (including phenoxy) is 1. The minimum atomic E-state index is -0.537. The molecule has 2 amide bonds. The summed E-state index contributed by atoms with van der Waals surface area (Å²) in [5.41, 5.74) is 1.67. The fourth-order valence-corrected chi connectivity index (χ4v) is 3.04. The van der Waals surface area contributed by atoms with Crippen molar-refractivity contribution >= 4 is 12.0 Å². The van der Waals surface area contributed by atoms with Crippen LogP contribution in [0.1, 0.15) is 75.6 Å². The SMILES string of the molecule is CCCCN(CCC)C(=O)c1n[nH]c2c1CN(C(=O)OC(C)(C)C)CC2. The number of carbonyl (C=O) groups is 2. The predicted octanol–water partition coefficient (Wildman–Crippen LogP) is 3.36. The number of aromatic nitrogens is 2. The third kappa shape index (κ3) is 4.99. The Balaban J connectivity index is 2.16. The Labute approximate surface area is 156 Å². The first-order chi connectivity index (χ1) is 12.3. The average Bonchev–Trinajstić information content (AvgIpc) is 2.99. The molecule has 1 aromatic heterocycles. The van der Waals surface area contributed by atoms with E-state index >= 15 is 0 Å². The van der Waals surface area contributed by atoms with Crippen LogP contribution in [-0.4, -0.2) is 57.2 Å². The fourth-order valence-electron chi connectivity index (χ4n) is 3.04. The van der Waals surface area contributed by atoms with Crippen molar-refractivity contribution in [2.45, 2.75) is 72.4 Å². The van der Waals surface area contributed by atoms with E-state index in [0.29, 0.717) is 25.2 Å². The number of carbonyl (C=O) groups excluding carboxylic acids is 2. The second-order valence-corrected chi connectivity index (χ2v) is 7.83. The van der Waals surface area contributed by atoms with Gasteiger partial charge in [0, 0.05) is 37.3 Å². The van der Waals surface area contributed by atoms with Gasteiger partial charge < -0.3 is 14.5 Å². The molecule has 0 saturated heterocycles. The number of rotatable bonds is 6. The predicted molar refractivity (Wildman–Crippen MR) is 100 cm³/mol. The maximum Gasteiger partial charge on any atom is 0.410 e. The summed E-state index contributed by atoms with van der Waals surface area (Å²) in [6.45, 7) is 12.1. The maximum atomic E-state index is 13.0. The second-order valence-electron chi connectivity index (χ2n) is 7.83. The van der Waals surface area contributed by atoms with Crippen molar-refractivity contribution in [3.8, 4) is 0 Å². The fraction of sp³-hybridized carbons (Fsp3) is 0.737. The number of hydrogen-bond donors (Lipinski definition) is 1. The molecule has 2 heterocycles. The monoisotopic (exact) mass is 364 g/mol. The Morgan fingerprint density at radius 3 is 2.58 bits per heavy atom. The zero-order valence-electron chi connectivity index (χ0n) is 16.7. The van der Waals surface area contributed by atoms with Crippen LogP contribution in [0.5, 0.6) is 0 Å². The van der Waals surface area contributed by atoms with Crippen molar-refractivity contribution in [2.75, 3.05) is 19.6 Å². The van der Waals surface area contributed by atoms with Gasteiger partial charge in [0.15, 0.2) is 5.69 Å². The number of aromatic amines is 1. The van der Waals surface area contributed by atoms with E-state index in [0.717, 1.165) is 43.6 Å². The molecule has 146 valence electrons. The molecule has 7 heteroatoms. The maximum absolute atomic E-state index is 13.0. The molecule has 7 nitrogen and oxygen atoms in total. The van der Waals surface area contributed by atoms with Crippen LogP contribution in [0.25, 0.3) is 0 Å². The van der Waals surface area contributed by atoms with Gasteiger partial charge in [0.2, 0.25) is 0 Å². The molecule has 0 atom stereocenters. The Morgan fingerprint density at radius 2 is 1.96 bits per heavy atom. The highest BCUT2D eigenvalue weighted by Gasteiger charge is 2.31. The van der Waals surface area contributed by atoms with Gasteiger partial charge in [-0.1, -0.05) is 20.3 Å². The molecule has 0 saturated carbocycles. The van der Waals surface area contributed by atoms with Crippen molar-refractivity contribution in [1.82, 2.24) is 20.0 Å². The second kappa shape index (κ2) is 8.56. The van der Waals surface area contributed by atoms with Gasteiger partial charge in [-0.3, -0.25) is 9.89 Å². The first kappa shape index (κ1) is 20.3. The lowest BCUT2D eigenvalue weighted by molar-refractivity contribution is 0.0222. The lowest BCUT2D eigenvalue weighted by Crippen LogP contribution is -2.40. The number of nitrogens with zero attached hydrogens (tertiary/aromatic N) is 3. The molecule has 0 radical (unpaired) electrons. The highest BCUT2D eigenvalue weighted by molar-refractivity contribution is 5.94. The van der Waals surface area contributed by atoms with Crippen LogP contribution < -0.4 is 0 Å². The summed E-state index contributed by atoms with van der Waals surface area (Å²) in [5, 5.41) is 7.27. The topological polar surface area (TPSA) is 78.5 Å². The van der Waals surface area contributed by atoms with Crippen molar-refractivity contribution in [1.29, 1.82) is 0 Å². The Kier molecular flexibility index (Phi) is 6.67. The summed E-state index contributed by atoms with van der Waals surface area (Å²) < 4.78 is 5.47. The Bertz CT molecular complexity index is 633. The highest BCUT2D eigenvalue weighted by Crippen LogP contribution is 2.23. The van der Waals surface area contributed by atoms with Gasteiger partial charge in [-0.2, -0.15) is 5.10 Å². The molecule has 26 heavy (non-hydrogen) atoms. The highest BCUT2D eigenvalue weighted by atomic mass is 16.6. The Hall–Kier alpha value is -2.05. The molecule has 0 bridgehead atoms. The minimum absolute atomic E-state index is 0.0520. The van der Waals surface area contributed by atoms with E-state index in [9.17, 15) is 9.59 Å². The molecule has 0 aromatic carbocycles. The number of hydrogen-bond acceptors (Lipinski definition) is 4. The van der Waals surface area contributed by atoms with Crippen LogP contribution in [0.15, 0.2) is 0 Å². The molecule has 0 unspecified atom stereocenters. The summed E-state index contributed by atoms with van der Waals surface area (Å²) >= 11 is 0. The van der Waals surface area contributed by atoms with Crippen LogP contribution in [0.4, 0.5) is 4.79 Å². The molecule has 1 aliphatic rings. The lowest BCUT2D eigenvalue weighted by Gasteiger charge is -2.30. The van der Waals surface area contributed by atoms with Gasteiger partial charge in [0.05, 0.1) is 6.54 Å². The first-order valence-corrected chi connectivity index (χ1v) is 9.60. The van der Waals surface area contributed by atoms with Crippen LogP contribution in [0.3, 0.4) is 0 Å². The quantitative estimate of drug-likeness (QED) is 0.839. The third-order valence-corrected chi connectivity index (χ3v) is 4.35. The van der Waals surface area contributed by atoms with Crippen LogP contribution in [-0.2, 0) is 17.7 Å². The molecule has 1 N–H and O–H groups in total. The first-order valence-electron chi connectivity index (χ1n) is 9.60. The molecule has 1 aromatic rings. The zero-order valence-corrected chi connectivity index (χ0v) is 16.7. The number of unbranched alkanes of at least 4 members (excludes halogenated alkanes) is 1. The molecular formula is C19H32N4O3. The summed E-state index contributed by atoms with van der Waals surface area (Å²) in [4.78, 5) is 28.9. The number of H-pyrrole nitrogens is 1. The average molecular weight is 364 g/mol. The molecule has 2 rings (SSSR count). The molecule has 0 aliphatic carbocycles. The van der Waals surface area contributed by atoms with Gasteiger partial charge in [0.1, 0.15) is 5.60 Å². The van der Waals surface area contributed by atoms with Gasteiger partial charge in [-0.05, 0) is 33.6 Å². The van der Waals surface area contributed by atoms with Gasteiger partial charge >= 0.3 is 6.09 Å². The van der Waals surface area contributed by atoms with Crippen LogP contribution in [0, 0.1) is 0 Å². The number of nitrogens with one attached hydrogen (secondary N) is 1. The minimum Gasteiger partial charge on any atom is -0.444 e. The molecule has 0 spiro atoms. The van der Waals surface area contributed by atoms with E-state index in [2.05, 4.69) is 24.0 Å². The van der Waals surface area contributed by atoms with Crippen LogP contribution >= 0.6 is 0 Å². The standard InChI is InChI=1S/C19H32N4O3/c1-6-8-11-22(10-7-2)17(24)16-14-13-23(12-9-15(14)20-21-16)18(25)26-19(3,4)5/h6-13H2,1-5H3,(H,20,21). The summed E-state index contributed by atoms with van der Waals surface area (Å²) in [6, 6.07) is 0. The molecule has 1 aliphatic heterocycles. The largest absolute Gasteiger partial charge is 0.444 e. The van der Waals surface area contributed by atoms with E-state index in [1.807, 2.05) is 25.7 Å². The van der Waals surface area contributed by atoms with E-state index in [1.54, 1.807) is 4.90 Å². The molecular weight excluding hydrogens is 332 g/mol.